The summed E-state index contributed by atoms with van der Waals surface area (Å²) in [7, 11) is 0. The molecule has 0 aliphatic carbocycles. The molecule has 3 rings (SSSR count). The molecule has 0 saturated heterocycles. The van der Waals surface area contributed by atoms with Crippen LogP contribution < -0.4 is 11.1 Å². The van der Waals surface area contributed by atoms with E-state index in [0.29, 0.717) is 18.4 Å². The molecule has 10 nitrogen and oxygen atoms in total. The number of hydrogen-bond donors (Lipinski definition) is 2. The molecule has 3 aromatic rings. The lowest BCUT2D eigenvalue weighted by molar-refractivity contribution is 0.658. The standard InChI is InChI=1S/C11H14N10/c12-9-17-10(15-2-1-4-20-5-3-13-7-20)19-11(18-9)21-8-14-6-16-21/h3,5-8H,1-2,4H2,(H3,12,15,17,18,19). The zero-order valence-corrected chi connectivity index (χ0v) is 11.2. The number of aryl methyl sites for hydroxylation is 1. The van der Waals surface area contributed by atoms with Gasteiger partial charge in [0.1, 0.15) is 12.7 Å². The third kappa shape index (κ3) is 3.29. The predicted molar refractivity (Wildman–Crippen MR) is 74.5 cm³/mol. The van der Waals surface area contributed by atoms with Gasteiger partial charge >= 0.3 is 0 Å². The number of aromatic nitrogens is 8. The summed E-state index contributed by atoms with van der Waals surface area (Å²) >= 11 is 0. The molecule has 0 radical (unpaired) electrons. The first-order valence-corrected chi connectivity index (χ1v) is 6.37. The van der Waals surface area contributed by atoms with E-state index >= 15 is 0 Å². The number of nitrogen functional groups attached to an aromatic ring is 1. The lowest BCUT2D eigenvalue weighted by Crippen LogP contribution is -2.13. The molecule has 0 bridgehead atoms. The van der Waals surface area contributed by atoms with E-state index < -0.39 is 0 Å². The summed E-state index contributed by atoms with van der Waals surface area (Å²) in [4.78, 5) is 20.1. The van der Waals surface area contributed by atoms with Crippen LogP contribution in [0.1, 0.15) is 6.42 Å². The second kappa shape index (κ2) is 5.94. The quantitative estimate of drug-likeness (QED) is 0.593. The van der Waals surface area contributed by atoms with Crippen molar-refractivity contribution < 1.29 is 0 Å². The van der Waals surface area contributed by atoms with E-state index in [0.717, 1.165) is 13.0 Å². The fourth-order valence-electron chi connectivity index (χ4n) is 1.75. The van der Waals surface area contributed by atoms with Crippen molar-refractivity contribution in [3.63, 3.8) is 0 Å². The van der Waals surface area contributed by atoms with Crippen LogP contribution in [-0.4, -0.2) is 45.8 Å². The van der Waals surface area contributed by atoms with Crippen LogP contribution in [0.3, 0.4) is 0 Å². The average molecular weight is 286 g/mol. The van der Waals surface area contributed by atoms with Gasteiger partial charge in [-0.1, -0.05) is 0 Å². The first kappa shape index (κ1) is 13.0. The second-order valence-electron chi connectivity index (χ2n) is 4.24. The van der Waals surface area contributed by atoms with E-state index in [-0.39, 0.29) is 5.95 Å². The van der Waals surface area contributed by atoms with Crippen molar-refractivity contribution in [3.8, 4) is 5.95 Å². The highest BCUT2D eigenvalue weighted by atomic mass is 15.4. The molecule has 108 valence electrons. The lowest BCUT2D eigenvalue weighted by Gasteiger charge is -2.07. The minimum Gasteiger partial charge on any atom is -0.368 e. The number of hydrogen-bond acceptors (Lipinski definition) is 8. The Balaban J connectivity index is 1.60. The minimum absolute atomic E-state index is 0.132. The van der Waals surface area contributed by atoms with E-state index in [4.69, 9.17) is 5.73 Å². The van der Waals surface area contributed by atoms with Crippen molar-refractivity contribution in [3.05, 3.63) is 31.4 Å². The Kier molecular flexibility index (Phi) is 3.67. The van der Waals surface area contributed by atoms with Crippen molar-refractivity contribution in [2.24, 2.45) is 0 Å². The summed E-state index contributed by atoms with van der Waals surface area (Å²) in [6.45, 7) is 1.57. The monoisotopic (exact) mass is 286 g/mol. The molecule has 0 atom stereocenters. The van der Waals surface area contributed by atoms with Gasteiger partial charge in [-0.3, -0.25) is 0 Å². The molecule has 0 aliphatic heterocycles. The van der Waals surface area contributed by atoms with Gasteiger partial charge in [-0.2, -0.15) is 24.7 Å². The van der Waals surface area contributed by atoms with Crippen LogP contribution in [0.5, 0.6) is 0 Å². The first-order valence-electron chi connectivity index (χ1n) is 6.37. The third-order valence-electron chi connectivity index (χ3n) is 2.70. The van der Waals surface area contributed by atoms with Gasteiger partial charge in [0.2, 0.25) is 11.9 Å². The van der Waals surface area contributed by atoms with Crippen molar-refractivity contribution >= 4 is 11.9 Å². The van der Waals surface area contributed by atoms with E-state index in [2.05, 4.69) is 35.3 Å². The maximum atomic E-state index is 5.67. The van der Waals surface area contributed by atoms with Gasteiger partial charge in [0.25, 0.3) is 5.95 Å². The molecule has 0 fully saturated rings. The number of nitrogens with two attached hydrogens (primary N) is 1. The predicted octanol–water partition coefficient (Wildman–Crippen LogP) is -0.267. The topological polar surface area (TPSA) is 125 Å². The van der Waals surface area contributed by atoms with Gasteiger partial charge in [0, 0.05) is 25.5 Å². The van der Waals surface area contributed by atoms with Crippen LogP contribution in [0.2, 0.25) is 0 Å². The van der Waals surface area contributed by atoms with Crippen LogP contribution in [0.15, 0.2) is 31.4 Å². The summed E-state index contributed by atoms with van der Waals surface area (Å²) < 4.78 is 3.43. The molecule has 3 N–H and O–H groups in total. The molecule has 0 unspecified atom stereocenters. The van der Waals surface area contributed by atoms with E-state index in [9.17, 15) is 0 Å². The Labute approximate surface area is 120 Å². The highest BCUT2D eigenvalue weighted by molar-refractivity contribution is 5.34. The summed E-state index contributed by atoms with van der Waals surface area (Å²) in [5.41, 5.74) is 5.67. The molecular weight excluding hydrogens is 272 g/mol. The molecule has 3 heterocycles. The number of imidazole rings is 1. The van der Waals surface area contributed by atoms with E-state index in [1.165, 1.54) is 17.3 Å². The molecule has 0 spiro atoms. The normalized spacial score (nSPS) is 10.7. The van der Waals surface area contributed by atoms with Crippen molar-refractivity contribution in [2.45, 2.75) is 13.0 Å². The molecule has 10 heteroatoms. The van der Waals surface area contributed by atoms with Crippen LogP contribution in [0.25, 0.3) is 5.95 Å². The van der Waals surface area contributed by atoms with Crippen molar-refractivity contribution in [1.82, 2.24) is 39.3 Å². The maximum Gasteiger partial charge on any atom is 0.258 e. The average Bonchev–Trinajstić information content (AvgIpc) is 3.16. The van der Waals surface area contributed by atoms with Crippen molar-refractivity contribution in [1.29, 1.82) is 0 Å². The van der Waals surface area contributed by atoms with Crippen LogP contribution in [0, 0.1) is 0 Å². The highest BCUT2D eigenvalue weighted by Gasteiger charge is 2.06. The highest BCUT2D eigenvalue weighted by Crippen LogP contribution is 2.05. The lowest BCUT2D eigenvalue weighted by atomic mass is 10.4. The Morgan fingerprint density at radius 2 is 2.10 bits per heavy atom. The van der Waals surface area contributed by atoms with Gasteiger partial charge in [0.15, 0.2) is 0 Å². The Morgan fingerprint density at radius 1 is 1.14 bits per heavy atom. The fraction of sp³-hybridized carbons (Fsp3) is 0.273. The molecule has 21 heavy (non-hydrogen) atoms. The van der Waals surface area contributed by atoms with Gasteiger partial charge in [-0.15, -0.1) is 0 Å². The van der Waals surface area contributed by atoms with E-state index in [1.54, 1.807) is 12.5 Å². The van der Waals surface area contributed by atoms with Crippen LogP contribution >= 0.6 is 0 Å². The smallest absolute Gasteiger partial charge is 0.258 e. The molecule has 3 aromatic heterocycles. The molecular formula is C11H14N10. The number of nitrogens with one attached hydrogen (secondary N) is 1. The Morgan fingerprint density at radius 3 is 2.86 bits per heavy atom. The van der Waals surface area contributed by atoms with Gasteiger partial charge in [-0.05, 0) is 6.42 Å². The third-order valence-corrected chi connectivity index (χ3v) is 2.70. The zero-order valence-electron chi connectivity index (χ0n) is 11.2. The number of nitrogens with zero attached hydrogens (tertiary/aromatic N) is 8. The van der Waals surface area contributed by atoms with Gasteiger partial charge in [-0.25, -0.2) is 9.97 Å². The van der Waals surface area contributed by atoms with Gasteiger partial charge in [0.05, 0.1) is 6.33 Å². The van der Waals surface area contributed by atoms with Gasteiger partial charge < -0.3 is 15.6 Å². The summed E-state index contributed by atoms with van der Waals surface area (Å²) in [6.07, 6.45) is 9.26. The largest absolute Gasteiger partial charge is 0.368 e. The van der Waals surface area contributed by atoms with E-state index in [1.807, 2.05) is 10.8 Å². The maximum absolute atomic E-state index is 5.67. The molecule has 0 saturated carbocycles. The Hall–Kier alpha value is -3.04. The number of anilines is 2. The summed E-state index contributed by atoms with van der Waals surface area (Å²) in [6, 6.07) is 0. The van der Waals surface area contributed by atoms with Crippen LogP contribution in [-0.2, 0) is 6.54 Å². The number of rotatable bonds is 6. The minimum atomic E-state index is 0.132. The summed E-state index contributed by atoms with van der Waals surface area (Å²) in [5, 5.41) is 7.07. The first-order chi connectivity index (χ1) is 10.3. The molecule has 0 aliphatic rings. The van der Waals surface area contributed by atoms with Crippen molar-refractivity contribution in [2.75, 3.05) is 17.6 Å². The fourth-order valence-corrected chi connectivity index (χ4v) is 1.75. The second-order valence-corrected chi connectivity index (χ2v) is 4.24. The SMILES string of the molecule is Nc1nc(NCCCn2ccnc2)nc(-n2cncn2)n1. The Bertz CT molecular complexity index is 675. The zero-order chi connectivity index (χ0) is 14.5. The molecule has 0 aromatic carbocycles. The molecule has 0 amide bonds. The van der Waals surface area contributed by atoms with Crippen LogP contribution in [0.4, 0.5) is 11.9 Å². The summed E-state index contributed by atoms with van der Waals surface area (Å²) in [5.74, 6) is 0.878.